The minimum absolute atomic E-state index is 0.143. The molecule has 0 radical (unpaired) electrons. The van der Waals surface area contributed by atoms with E-state index in [1.54, 1.807) is 0 Å². The SMILES string of the molecule is N#C[C@@H]1CCC[C@H](C=O)C1. The average Bonchev–Trinajstić information content (AvgIpc) is 2.05. The molecule has 1 rings (SSSR count). The van der Waals surface area contributed by atoms with Crippen molar-refractivity contribution in [3.63, 3.8) is 0 Å². The molecule has 2 nitrogen and oxygen atoms in total. The van der Waals surface area contributed by atoms with Gasteiger partial charge in [-0.25, -0.2) is 0 Å². The highest BCUT2D eigenvalue weighted by molar-refractivity contribution is 5.53. The van der Waals surface area contributed by atoms with Gasteiger partial charge in [0.15, 0.2) is 0 Å². The molecule has 0 aromatic rings. The molecular weight excluding hydrogens is 126 g/mol. The molecule has 1 aliphatic carbocycles. The fourth-order valence-corrected chi connectivity index (χ4v) is 1.47. The third-order valence-corrected chi connectivity index (χ3v) is 2.09. The lowest BCUT2D eigenvalue weighted by molar-refractivity contribution is -0.112. The van der Waals surface area contributed by atoms with Crippen LogP contribution < -0.4 is 0 Å². The van der Waals surface area contributed by atoms with Crippen LogP contribution in [0, 0.1) is 23.2 Å². The Balaban J connectivity index is 2.40. The molecule has 0 amide bonds. The number of carbonyl (C=O) groups is 1. The Hall–Kier alpha value is -0.840. The summed E-state index contributed by atoms with van der Waals surface area (Å²) >= 11 is 0. The van der Waals surface area contributed by atoms with Crippen LogP contribution in [0.4, 0.5) is 0 Å². The normalized spacial score (nSPS) is 32.7. The fraction of sp³-hybridized carbons (Fsp3) is 0.750. The molecule has 0 aromatic heterocycles. The molecule has 0 unspecified atom stereocenters. The zero-order valence-electron chi connectivity index (χ0n) is 5.92. The van der Waals surface area contributed by atoms with Gasteiger partial charge in [-0.05, 0) is 19.3 Å². The number of hydrogen-bond acceptors (Lipinski definition) is 2. The zero-order chi connectivity index (χ0) is 7.40. The second-order valence-corrected chi connectivity index (χ2v) is 2.89. The van der Waals surface area contributed by atoms with Gasteiger partial charge in [-0.15, -0.1) is 0 Å². The van der Waals surface area contributed by atoms with E-state index >= 15 is 0 Å². The maximum absolute atomic E-state index is 10.3. The molecule has 0 aromatic carbocycles. The van der Waals surface area contributed by atoms with Crippen LogP contribution in [0.5, 0.6) is 0 Å². The Labute approximate surface area is 60.8 Å². The van der Waals surface area contributed by atoms with E-state index in [0.29, 0.717) is 0 Å². The summed E-state index contributed by atoms with van der Waals surface area (Å²) in [6, 6.07) is 2.21. The lowest BCUT2D eigenvalue weighted by Crippen LogP contribution is -2.14. The second-order valence-electron chi connectivity index (χ2n) is 2.89. The van der Waals surface area contributed by atoms with Crippen LogP contribution in [0.2, 0.25) is 0 Å². The van der Waals surface area contributed by atoms with Crippen LogP contribution in [0.3, 0.4) is 0 Å². The van der Waals surface area contributed by atoms with Crippen molar-refractivity contribution >= 4 is 6.29 Å². The van der Waals surface area contributed by atoms with Gasteiger partial charge >= 0.3 is 0 Å². The Morgan fingerprint density at radius 2 is 2.30 bits per heavy atom. The van der Waals surface area contributed by atoms with Gasteiger partial charge in [0.25, 0.3) is 0 Å². The first-order chi connectivity index (χ1) is 4.86. The highest BCUT2D eigenvalue weighted by Crippen LogP contribution is 2.26. The number of nitrogens with zero attached hydrogens (tertiary/aromatic N) is 1. The van der Waals surface area contributed by atoms with Crippen molar-refractivity contribution in [2.45, 2.75) is 25.7 Å². The Morgan fingerprint density at radius 1 is 1.50 bits per heavy atom. The van der Waals surface area contributed by atoms with Crippen LogP contribution in [0.25, 0.3) is 0 Å². The summed E-state index contributed by atoms with van der Waals surface area (Å²) in [4.78, 5) is 10.3. The van der Waals surface area contributed by atoms with Crippen LogP contribution in [-0.4, -0.2) is 6.29 Å². The Kier molecular flexibility index (Phi) is 2.44. The van der Waals surface area contributed by atoms with E-state index in [1.165, 1.54) is 0 Å². The lowest BCUT2D eigenvalue weighted by atomic mass is 9.83. The van der Waals surface area contributed by atoms with Gasteiger partial charge in [-0.3, -0.25) is 0 Å². The lowest BCUT2D eigenvalue weighted by Gasteiger charge is -2.19. The van der Waals surface area contributed by atoms with E-state index in [-0.39, 0.29) is 11.8 Å². The molecule has 2 heteroatoms. The molecule has 0 heterocycles. The molecule has 54 valence electrons. The molecule has 0 saturated heterocycles. The van der Waals surface area contributed by atoms with E-state index in [2.05, 4.69) is 6.07 Å². The number of nitriles is 1. The van der Waals surface area contributed by atoms with Crippen molar-refractivity contribution in [2.75, 3.05) is 0 Å². The Bertz CT molecular complexity index is 159. The highest BCUT2D eigenvalue weighted by atomic mass is 16.1. The number of aldehydes is 1. The van der Waals surface area contributed by atoms with Crippen LogP contribution in [0.15, 0.2) is 0 Å². The van der Waals surface area contributed by atoms with E-state index in [4.69, 9.17) is 5.26 Å². The average molecular weight is 137 g/mol. The van der Waals surface area contributed by atoms with Gasteiger partial charge in [-0.1, -0.05) is 6.42 Å². The quantitative estimate of drug-likeness (QED) is 0.514. The van der Waals surface area contributed by atoms with E-state index in [1.807, 2.05) is 0 Å². The van der Waals surface area contributed by atoms with Crippen molar-refractivity contribution < 1.29 is 4.79 Å². The molecule has 0 spiro atoms. The summed E-state index contributed by atoms with van der Waals surface area (Å²) in [5.41, 5.74) is 0. The maximum Gasteiger partial charge on any atom is 0.123 e. The van der Waals surface area contributed by atoms with Gasteiger partial charge in [0.1, 0.15) is 6.29 Å². The van der Waals surface area contributed by atoms with Crippen molar-refractivity contribution in [3.05, 3.63) is 0 Å². The largest absolute Gasteiger partial charge is 0.303 e. The summed E-state index contributed by atoms with van der Waals surface area (Å²) in [5.74, 6) is 0.308. The van der Waals surface area contributed by atoms with Crippen molar-refractivity contribution in [1.82, 2.24) is 0 Å². The number of hydrogen-bond donors (Lipinski definition) is 0. The molecule has 2 atom stereocenters. The van der Waals surface area contributed by atoms with Crippen LogP contribution in [-0.2, 0) is 4.79 Å². The first-order valence-electron chi connectivity index (χ1n) is 3.71. The summed E-state index contributed by atoms with van der Waals surface area (Å²) < 4.78 is 0. The van der Waals surface area contributed by atoms with E-state index in [0.717, 1.165) is 32.0 Å². The van der Waals surface area contributed by atoms with Gasteiger partial charge < -0.3 is 4.79 Å². The van der Waals surface area contributed by atoms with Crippen molar-refractivity contribution in [3.8, 4) is 6.07 Å². The summed E-state index contributed by atoms with van der Waals surface area (Å²) in [5, 5.41) is 8.54. The molecule has 1 aliphatic rings. The Morgan fingerprint density at radius 3 is 2.90 bits per heavy atom. The standard InChI is InChI=1S/C8H11NO/c9-5-7-2-1-3-8(4-7)6-10/h6-8H,1-4H2/t7-,8+/m1/s1. The predicted molar refractivity (Wildman–Crippen MR) is 37.1 cm³/mol. The van der Waals surface area contributed by atoms with E-state index < -0.39 is 0 Å². The highest BCUT2D eigenvalue weighted by Gasteiger charge is 2.20. The predicted octanol–water partition coefficient (Wildman–Crippen LogP) is 1.52. The third-order valence-electron chi connectivity index (χ3n) is 2.09. The molecule has 0 N–H and O–H groups in total. The smallest absolute Gasteiger partial charge is 0.123 e. The topological polar surface area (TPSA) is 40.9 Å². The molecule has 1 fully saturated rings. The van der Waals surface area contributed by atoms with Gasteiger partial charge in [0.05, 0.1) is 6.07 Å². The molecular formula is C8H11NO. The van der Waals surface area contributed by atoms with Crippen molar-refractivity contribution in [2.24, 2.45) is 11.8 Å². The summed E-state index contributed by atoms with van der Waals surface area (Å²) in [6.45, 7) is 0. The first kappa shape index (κ1) is 7.27. The monoisotopic (exact) mass is 137 g/mol. The fourth-order valence-electron chi connectivity index (χ4n) is 1.47. The summed E-state index contributed by atoms with van der Waals surface area (Å²) in [7, 11) is 0. The molecule has 0 aliphatic heterocycles. The second kappa shape index (κ2) is 3.36. The van der Waals surface area contributed by atoms with Gasteiger partial charge in [0.2, 0.25) is 0 Å². The van der Waals surface area contributed by atoms with Crippen LogP contribution in [0.1, 0.15) is 25.7 Å². The number of rotatable bonds is 1. The minimum Gasteiger partial charge on any atom is -0.303 e. The summed E-state index contributed by atoms with van der Waals surface area (Å²) in [6.07, 6.45) is 4.80. The molecule has 1 saturated carbocycles. The van der Waals surface area contributed by atoms with Gasteiger partial charge in [0, 0.05) is 11.8 Å². The molecule has 0 bridgehead atoms. The van der Waals surface area contributed by atoms with Crippen LogP contribution >= 0.6 is 0 Å². The number of carbonyl (C=O) groups excluding carboxylic acids is 1. The first-order valence-corrected chi connectivity index (χ1v) is 3.71. The molecule has 10 heavy (non-hydrogen) atoms. The van der Waals surface area contributed by atoms with Crippen molar-refractivity contribution in [1.29, 1.82) is 5.26 Å². The zero-order valence-corrected chi connectivity index (χ0v) is 5.92. The van der Waals surface area contributed by atoms with Gasteiger partial charge in [-0.2, -0.15) is 5.26 Å². The third kappa shape index (κ3) is 1.57. The van der Waals surface area contributed by atoms with E-state index in [9.17, 15) is 4.79 Å². The maximum atomic E-state index is 10.3. The minimum atomic E-state index is 0.143.